The Hall–Kier alpha value is -3.45. The van der Waals surface area contributed by atoms with E-state index in [4.69, 9.17) is 0 Å². The van der Waals surface area contributed by atoms with Gasteiger partial charge in [-0.15, -0.1) is 10.2 Å². The van der Waals surface area contributed by atoms with Gasteiger partial charge in [-0.1, -0.05) is 73.6 Å². The second-order valence-corrected chi connectivity index (χ2v) is 9.50. The Bertz CT molecular complexity index is 1230. The van der Waals surface area contributed by atoms with Gasteiger partial charge in [0.25, 0.3) is 0 Å². The van der Waals surface area contributed by atoms with Crippen LogP contribution in [0.25, 0.3) is 17.1 Å². The van der Waals surface area contributed by atoms with Gasteiger partial charge in [0.2, 0.25) is 5.91 Å². The number of aryl methyl sites for hydroxylation is 1. The quantitative estimate of drug-likeness (QED) is 0.314. The van der Waals surface area contributed by atoms with Crippen molar-refractivity contribution in [2.75, 3.05) is 0 Å². The molecule has 0 radical (unpaired) electrons. The van der Waals surface area contributed by atoms with E-state index in [1.807, 2.05) is 60.0 Å². The van der Waals surface area contributed by atoms with Crippen molar-refractivity contribution >= 4 is 17.7 Å². The highest BCUT2D eigenvalue weighted by Crippen LogP contribution is 2.31. The molecule has 1 N–H and O–H groups in total. The molecule has 0 bridgehead atoms. The molecule has 2 atom stereocenters. The van der Waals surface area contributed by atoms with Crippen LogP contribution in [0.5, 0.6) is 0 Å². The van der Waals surface area contributed by atoms with Gasteiger partial charge < -0.3 is 5.32 Å². The first-order valence-electron chi connectivity index (χ1n) is 11.5. The SMILES string of the molecule is CCCC(NC(=O)C(C)Sc1nnc(-c2cccnc2)n1-c1ccccc1C)c1ccccc1. The van der Waals surface area contributed by atoms with Gasteiger partial charge in [-0.25, -0.2) is 0 Å². The van der Waals surface area contributed by atoms with Crippen LogP contribution in [0.1, 0.15) is 43.9 Å². The van der Waals surface area contributed by atoms with Crippen molar-refractivity contribution < 1.29 is 4.79 Å². The van der Waals surface area contributed by atoms with Crippen LogP contribution in [0, 0.1) is 6.92 Å². The number of hydrogen-bond donors (Lipinski definition) is 1. The first-order chi connectivity index (χ1) is 16.6. The zero-order chi connectivity index (χ0) is 23.9. The number of carbonyl (C=O) groups is 1. The van der Waals surface area contributed by atoms with Crippen molar-refractivity contribution in [3.8, 4) is 17.1 Å². The second-order valence-electron chi connectivity index (χ2n) is 8.19. The van der Waals surface area contributed by atoms with E-state index in [2.05, 4.69) is 52.5 Å². The van der Waals surface area contributed by atoms with Crippen LogP contribution in [0.4, 0.5) is 0 Å². The maximum Gasteiger partial charge on any atom is 0.233 e. The first-order valence-corrected chi connectivity index (χ1v) is 12.4. The Balaban J connectivity index is 1.61. The zero-order valence-corrected chi connectivity index (χ0v) is 20.5. The Morgan fingerprint density at radius 1 is 1.03 bits per heavy atom. The number of para-hydroxylation sites is 1. The fourth-order valence-corrected chi connectivity index (χ4v) is 4.73. The van der Waals surface area contributed by atoms with Crippen molar-refractivity contribution in [2.45, 2.75) is 50.1 Å². The number of pyridine rings is 1. The van der Waals surface area contributed by atoms with Gasteiger partial charge in [-0.2, -0.15) is 0 Å². The molecule has 1 amide bonds. The summed E-state index contributed by atoms with van der Waals surface area (Å²) in [7, 11) is 0. The van der Waals surface area contributed by atoms with E-state index in [0.717, 1.165) is 35.2 Å². The highest BCUT2D eigenvalue weighted by Gasteiger charge is 2.24. The van der Waals surface area contributed by atoms with E-state index in [1.165, 1.54) is 11.8 Å². The average molecular weight is 472 g/mol. The predicted molar refractivity (Wildman–Crippen MR) is 137 cm³/mol. The summed E-state index contributed by atoms with van der Waals surface area (Å²) in [5.74, 6) is 0.681. The Labute approximate surface area is 204 Å². The van der Waals surface area contributed by atoms with Crippen LogP contribution < -0.4 is 5.32 Å². The highest BCUT2D eigenvalue weighted by molar-refractivity contribution is 8.00. The molecule has 2 aromatic heterocycles. The van der Waals surface area contributed by atoms with Crippen LogP contribution in [-0.2, 0) is 4.79 Å². The second kappa shape index (κ2) is 11.1. The molecule has 0 aliphatic rings. The standard InChI is InChI=1S/C27H29N5OS/c1-4-11-23(21-13-6-5-7-14-21)29-26(33)20(3)34-27-31-30-25(22-15-10-17-28-18-22)32(27)24-16-9-8-12-19(24)2/h5-10,12-18,20,23H,4,11H2,1-3H3,(H,29,33). The van der Waals surface area contributed by atoms with Crippen LogP contribution in [0.15, 0.2) is 84.3 Å². The summed E-state index contributed by atoms with van der Waals surface area (Å²) in [5, 5.41) is 12.5. The summed E-state index contributed by atoms with van der Waals surface area (Å²) in [6.07, 6.45) is 5.38. The minimum absolute atomic E-state index is 0.0121. The van der Waals surface area contributed by atoms with E-state index in [1.54, 1.807) is 12.4 Å². The molecule has 0 fully saturated rings. The van der Waals surface area contributed by atoms with E-state index in [-0.39, 0.29) is 17.2 Å². The lowest BCUT2D eigenvalue weighted by Gasteiger charge is -2.21. The first kappa shape index (κ1) is 23.7. The molecule has 2 unspecified atom stereocenters. The van der Waals surface area contributed by atoms with Crippen LogP contribution >= 0.6 is 11.8 Å². The van der Waals surface area contributed by atoms with Crippen molar-refractivity contribution in [1.29, 1.82) is 0 Å². The normalized spacial score (nSPS) is 12.8. The van der Waals surface area contributed by atoms with Crippen molar-refractivity contribution in [2.24, 2.45) is 0 Å². The third-order valence-corrected chi connectivity index (χ3v) is 6.70. The Morgan fingerprint density at radius 2 is 1.79 bits per heavy atom. The summed E-state index contributed by atoms with van der Waals surface area (Å²) in [4.78, 5) is 17.4. The van der Waals surface area contributed by atoms with Gasteiger partial charge >= 0.3 is 0 Å². The number of nitrogens with zero attached hydrogens (tertiary/aromatic N) is 4. The molecule has 4 rings (SSSR count). The summed E-state index contributed by atoms with van der Waals surface area (Å²) < 4.78 is 2.02. The molecule has 0 saturated carbocycles. The molecule has 2 heterocycles. The number of hydrogen-bond acceptors (Lipinski definition) is 5. The largest absolute Gasteiger partial charge is 0.348 e. The highest BCUT2D eigenvalue weighted by atomic mass is 32.2. The molecule has 34 heavy (non-hydrogen) atoms. The minimum atomic E-state index is -0.350. The molecule has 7 heteroatoms. The van der Waals surface area contributed by atoms with Gasteiger partial charge in [0, 0.05) is 18.0 Å². The molecule has 174 valence electrons. The fourth-order valence-electron chi connectivity index (χ4n) is 3.86. The van der Waals surface area contributed by atoms with Crippen molar-refractivity contribution in [3.05, 3.63) is 90.3 Å². The number of nitrogens with one attached hydrogen (secondary N) is 1. The molecule has 0 aliphatic carbocycles. The van der Waals surface area contributed by atoms with E-state index >= 15 is 0 Å². The number of carbonyl (C=O) groups excluding carboxylic acids is 1. The number of benzene rings is 2. The maximum absolute atomic E-state index is 13.2. The smallest absolute Gasteiger partial charge is 0.233 e. The molecular weight excluding hydrogens is 442 g/mol. The van der Waals surface area contributed by atoms with Crippen molar-refractivity contribution in [1.82, 2.24) is 25.1 Å². The van der Waals surface area contributed by atoms with Gasteiger partial charge in [0.15, 0.2) is 11.0 Å². The molecule has 4 aromatic rings. The molecule has 2 aromatic carbocycles. The van der Waals surface area contributed by atoms with Crippen LogP contribution in [0.3, 0.4) is 0 Å². The zero-order valence-electron chi connectivity index (χ0n) is 19.7. The Kier molecular flexibility index (Phi) is 7.75. The van der Waals surface area contributed by atoms with E-state index in [0.29, 0.717) is 11.0 Å². The van der Waals surface area contributed by atoms with Gasteiger partial charge in [0.1, 0.15) is 0 Å². The summed E-state index contributed by atoms with van der Waals surface area (Å²) in [5.41, 5.74) is 4.07. The number of aromatic nitrogens is 4. The van der Waals surface area contributed by atoms with Gasteiger partial charge in [-0.3, -0.25) is 14.3 Å². The lowest BCUT2D eigenvalue weighted by molar-refractivity contribution is -0.121. The molecular formula is C27H29N5OS. The number of thioether (sulfide) groups is 1. The van der Waals surface area contributed by atoms with Crippen LogP contribution in [-0.4, -0.2) is 30.9 Å². The molecule has 0 aliphatic heterocycles. The topological polar surface area (TPSA) is 72.7 Å². The lowest BCUT2D eigenvalue weighted by atomic mass is 10.0. The van der Waals surface area contributed by atoms with Gasteiger partial charge in [0.05, 0.1) is 17.0 Å². The third kappa shape index (κ3) is 5.37. The van der Waals surface area contributed by atoms with E-state index < -0.39 is 0 Å². The average Bonchev–Trinajstić information content (AvgIpc) is 3.28. The monoisotopic (exact) mass is 471 g/mol. The minimum Gasteiger partial charge on any atom is -0.348 e. The summed E-state index contributed by atoms with van der Waals surface area (Å²) in [6, 6.07) is 22.1. The number of amides is 1. The van der Waals surface area contributed by atoms with E-state index in [9.17, 15) is 4.79 Å². The van der Waals surface area contributed by atoms with Crippen LogP contribution in [0.2, 0.25) is 0 Å². The molecule has 0 saturated heterocycles. The molecule has 0 spiro atoms. The van der Waals surface area contributed by atoms with Crippen molar-refractivity contribution in [3.63, 3.8) is 0 Å². The number of rotatable bonds is 9. The lowest BCUT2D eigenvalue weighted by Crippen LogP contribution is -2.34. The third-order valence-electron chi connectivity index (χ3n) is 5.66. The molecule has 6 nitrogen and oxygen atoms in total. The fraction of sp³-hybridized carbons (Fsp3) is 0.259. The maximum atomic E-state index is 13.2. The predicted octanol–water partition coefficient (Wildman–Crippen LogP) is 5.78. The Morgan fingerprint density at radius 3 is 2.50 bits per heavy atom. The van der Waals surface area contributed by atoms with Gasteiger partial charge in [-0.05, 0) is 49.6 Å². The summed E-state index contributed by atoms with van der Waals surface area (Å²) >= 11 is 1.41. The summed E-state index contributed by atoms with van der Waals surface area (Å²) in [6.45, 7) is 6.10.